The summed E-state index contributed by atoms with van der Waals surface area (Å²) in [6, 6.07) is 7.34. The Bertz CT molecular complexity index is 347. The van der Waals surface area contributed by atoms with Gasteiger partial charge < -0.3 is 4.74 Å². The summed E-state index contributed by atoms with van der Waals surface area (Å²) in [6.07, 6.45) is 0. The van der Waals surface area contributed by atoms with Crippen molar-refractivity contribution >= 4 is 10.8 Å². The van der Waals surface area contributed by atoms with Crippen molar-refractivity contribution in [1.82, 2.24) is 4.31 Å². The lowest BCUT2D eigenvalue weighted by molar-refractivity contribution is 0.0685. The summed E-state index contributed by atoms with van der Waals surface area (Å²) in [5.74, 6) is 0. The summed E-state index contributed by atoms with van der Waals surface area (Å²) in [5.41, 5.74) is 1.11. The third-order valence-electron chi connectivity index (χ3n) is 2.67. The lowest BCUT2D eigenvalue weighted by Gasteiger charge is -2.44. The first-order chi connectivity index (χ1) is 7.60. The zero-order valence-electron chi connectivity index (χ0n) is 9.30. The molecule has 2 N–H and O–H groups in total. The highest BCUT2D eigenvalue weighted by atomic mass is 32.3. The molecule has 2 rings (SSSR count). The minimum atomic E-state index is -2.83. The van der Waals surface area contributed by atoms with Crippen molar-refractivity contribution < 1.29 is 13.8 Å². The van der Waals surface area contributed by atoms with Gasteiger partial charge in [-0.1, -0.05) is 17.7 Å². The average Bonchev–Trinajstić information content (AvgIpc) is 2.31. The van der Waals surface area contributed by atoms with Gasteiger partial charge >= 0.3 is 0 Å². The average molecular weight is 243 g/mol. The summed E-state index contributed by atoms with van der Waals surface area (Å²) >= 11 is 0. The molecule has 0 amide bonds. The van der Waals surface area contributed by atoms with Gasteiger partial charge in [-0.3, -0.25) is 9.11 Å². The fraction of sp³-hybridized carbons (Fsp3) is 0.455. The van der Waals surface area contributed by atoms with Crippen LogP contribution in [0.25, 0.3) is 0 Å². The van der Waals surface area contributed by atoms with Crippen LogP contribution in [0.4, 0.5) is 0 Å². The molecule has 0 atom stereocenters. The van der Waals surface area contributed by atoms with Gasteiger partial charge in [-0.2, -0.15) is 4.31 Å². The number of hydrogen-bond acceptors (Lipinski definition) is 4. The van der Waals surface area contributed by atoms with Gasteiger partial charge in [0.2, 0.25) is 0 Å². The summed E-state index contributed by atoms with van der Waals surface area (Å²) in [5, 5.41) is 0. The smallest absolute Gasteiger partial charge is 0.0752 e. The molecule has 1 aliphatic rings. The third-order valence-corrected chi connectivity index (χ3v) is 4.66. The van der Waals surface area contributed by atoms with E-state index in [1.165, 1.54) is 0 Å². The normalized spacial score (nSPS) is 19.7. The molecule has 1 fully saturated rings. The second-order valence-electron chi connectivity index (χ2n) is 3.87. The Kier molecular flexibility index (Phi) is 3.51. The van der Waals surface area contributed by atoms with E-state index in [1.807, 2.05) is 19.1 Å². The van der Waals surface area contributed by atoms with Crippen LogP contribution in [-0.2, 0) is 4.74 Å². The molecule has 0 saturated carbocycles. The second kappa shape index (κ2) is 4.73. The third kappa shape index (κ3) is 2.39. The van der Waals surface area contributed by atoms with E-state index in [0.29, 0.717) is 31.2 Å². The van der Waals surface area contributed by atoms with Crippen LogP contribution in [0.15, 0.2) is 29.2 Å². The zero-order chi connectivity index (χ0) is 11.6. The van der Waals surface area contributed by atoms with E-state index in [1.54, 1.807) is 16.4 Å². The molecule has 90 valence electrons. The molecule has 0 unspecified atom stereocenters. The summed E-state index contributed by atoms with van der Waals surface area (Å²) < 4.78 is 27.3. The Morgan fingerprint density at radius 3 is 2.25 bits per heavy atom. The quantitative estimate of drug-likeness (QED) is 0.837. The van der Waals surface area contributed by atoms with Crippen LogP contribution in [0.2, 0.25) is 0 Å². The Hall–Kier alpha value is -0.590. The maximum atomic E-state index is 10.2. The summed E-state index contributed by atoms with van der Waals surface area (Å²) in [7, 11) is -2.83. The van der Waals surface area contributed by atoms with E-state index < -0.39 is 10.8 Å². The highest BCUT2D eigenvalue weighted by Crippen LogP contribution is 2.51. The molecular formula is C11H17NO3S. The van der Waals surface area contributed by atoms with E-state index in [0.717, 1.165) is 5.56 Å². The zero-order valence-corrected chi connectivity index (χ0v) is 10.1. The first kappa shape index (κ1) is 11.9. The van der Waals surface area contributed by atoms with Crippen LogP contribution >= 0.6 is 10.8 Å². The van der Waals surface area contributed by atoms with Gasteiger partial charge in [0, 0.05) is 13.1 Å². The molecule has 5 heteroatoms. The fourth-order valence-corrected chi connectivity index (χ4v) is 3.13. The molecule has 0 spiro atoms. The van der Waals surface area contributed by atoms with Gasteiger partial charge in [-0.25, -0.2) is 0 Å². The number of aryl methyl sites for hydroxylation is 1. The molecule has 0 aromatic heterocycles. The highest BCUT2D eigenvalue weighted by Gasteiger charge is 2.26. The monoisotopic (exact) mass is 243 g/mol. The summed E-state index contributed by atoms with van der Waals surface area (Å²) in [4.78, 5) is 0.583. The Labute approximate surface area is 97.3 Å². The molecular weight excluding hydrogens is 226 g/mol. The van der Waals surface area contributed by atoms with E-state index in [4.69, 9.17) is 4.74 Å². The number of morpholine rings is 1. The number of nitrogens with zero attached hydrogens (tertiary/aromatic N) is 1. The lowest BCUT2D eigenvalue weighted by atomic mass is 10.2. The maximum absolute atomic E-state index is 10.2. The van der Waals surface area contributed by atoms with Crippen LogP contribution in [-0.4, -0.2) is 39.7 Å². The number of rotatable bonds is 2. The molecule has 0 bridgehead atoms. The molecule has 1 saturated heterocycles. The van der Waals surface area contributed by atoms with Crippen molar-refractivity contribution in [2.75, 3.05) is 26.3 Å². The lowest BCUT2D eigenvalue weighted by Crippen LogP contribution is -2.38. The predicted molar refractivity (Wildman–Crippen MR) is 64.7 cm³/mol. The van der Waals surface area contributed by atoms with Gasteiger partial charge in [0.1, 0.15) is 0 Å². The summed E-state index contributed by atoms with van der Waals surface area (Å²) in [6.45, 7) is 4.22. The van der Waals surface area contributed by atoms with Gasteiger partial charge in [0.05, 0.1) is 18.1 Å². The number of hydrogen-bond donors (Lipinski definition) is 2. The van der Waals surface area contributed by atoms with Crippen LogP contribution < -0.4 is 0 Å². The van der Waals surface area contributed by atoms with Crippen molar-refractivity contribution in [2.45, 2.75) is 11.8 Å². The first-order valence-electron chi connectivity index (χ1n) is 5.28. The maximum Gasteiger partial charge on any atom is 0.0752 e. The molecule has 0 radical (unpaired) electrons. The molecule has 1 heterocycles. The minimum Gasteiger partial charge on any atom is -0.379 e. The van der Waals surface area contributed by atoms with Gasteiger partial charge in [-0.05, 0) is 19.1 Å². The van der Waals surface area contributed by atoms with E-state index in [2.05, 4.69) is 0 Å². The van der Waals surface area contributed by atoms with E-state index in [9.17, 15) is 9.11 Å². The van der Waals surface area contributed by atoms with Crippen molar-refractivity contribution in [2.24, 2.45) is 0 Å². The molecule has 4 nitrogen and oxygen atoms in total. The highest BCUT2D eigenvalue weighted by molar-refractivity contribution is 8.22. The van der Waals surface area contributed by atoms with Crippen LogP contribution in [0, 0.1) is 6.92 Å². The van der Waals surface area contributed by atoms with E-state index in [-0.39, 0.29) is 0 Å². The van der Waals surface area contributed by atoms with Crippen LogP contribution in [0.1, 0.15) is 5.56 Å². The number of ether oxygens (including phenoxy) is 1. The molecule has 1 aromatic carbocycles. The van der Waals surface area contributed by atoms with Crippen LogP contribution in [0.3, 0.4) is 0 Å². The van der Waals surface area contributed by atoms with E-state index >= 15 is 0 Å². The fourth-order valence-electron chi connectivity index (χ4n) is 1.67. The van der Waals surface area contributed by atoms with Gasteiger partial charge in [0.15, 0.2) is 0 Å². The van der Waals surface area contributed by atoms with Crippen LogP contribution in [0.5, 0.6) is 0 Å². The van der Waals surface area contributed by atoms with Crippen molar-refractivity contribution in [3.05, 3.63) is 29.8 Å². The van der Waals surface area contributed by atoms with Gasteiger partial charge in [-0.15, -0.1) is 10.8 Å². The minimum absolute atomic E-state index is 0.557. The second-order valence-corrected chi connectivity index (χ2v) is 5.90. The predicted octanol–water partition coefficient (Wildman–Crippen LogP) is 2.35. The Balaban J connectivity index is 2.19. The first-order valence-corrected chi connectivity index (χ1v) is 6.79. The molecule has 1 aliphatic heterocycles. The Morgan fingerprint density at radius 1 is 1.12 bits per heavy atom. The van der Waals surface area contributed by atoms with Crippen molar-refractivity contribution in [1.29, 1.82) is 0 Å². The van der Waals surface area contributed by atoms with Crippen molar-refractivity contribution in [3.8, 4) is 0 Å². The Morgan fingerprint density at radius 2 is 1.69 bits per heavy atom. The van der Waals surface area contributed by atoms with Crippen molar-refractivity contribution in [3.63, 3.8) is 0 Å². The number of benzene rings is 1. The standard InChI is InChI=1S/C11H17NO3S/c1-10-2-4-11(5-3-10)16(13,14)12-6-8-15-9-7-12/h2-5,13-14H,6-9H2,1H3. The molecule has 1 aromatic rings. The van der Waals surface area contributed by atoms with Gasteiger partial charge in [0.25, 0.3) is 0 Å². The topological polar surface area (TPSA) is 52.9 Å². The molecule has 0 aliphatic carbocycles. The molecule has 16 heavy (non-hydrogen) atoms. The largest absolute Gasteiger partial charge is 0.379 e. The SMILES string of the molecule is Cc1ccc(S(O)(O)N2CCOCC2)cc1.